The van der Waals surface area contributed by atoms with E-state index in [0.717, 1.165) is 27.9 Å². The highest BCUT2D eigenvalue weighted by Gasteiger charge is 2.09. The van der Waals surface area contributed by atoms with Gasteiger partial charge < -0.3 is 14.0 Å². The van der Waals surface area contributed by atoms with Crippen molar-refractivity contribution in [3.8, 4) is 5.75 Å². The van der Waals surface area contributed by atoms with E-state index < -0.39 is 0 Å². The molecule has 0 amide bonds. The van der Waals surface area contributed by atoms with Crippen LogP contribution in [0, 0.1) is 0 Å². The van der Waals surface area contributed by atoms with Crippen molar-refractivity contribution in [1.82, 2.24) is 4.57 Å². The number of fused-ring (bicyclic) bond motifs is 1. The van der Waals surface area contributed by atoms with Gasteiger partial charge in [0, 0.05) is 18.2 Å². The summed E-state index contributed by atoms with van der Waals surface area (Å²) in [7, 11) is 3.37. The molecular formula is C14H17NO2. The maximum absolute atomic E-state index is 5.23. The molecule has 2 aromatic rings. The molecule has 1 aromatic heterocycles. The van der Waals surface area contributed by atoms with E-state index in [0.29, 0.717) is 6.73 Å². The van der Waals surface area contributed by atoms with Crippen molar-refractivity contribution >= 4 is 16.5 Å². The third-order valence-electron chi connectivity index (χ3n) is 2.80. The molecule has 17 heavy (non-hydrogen) atoms. The lowest BCUT2D eigenvalue weighted by molar-refractivity contribution is 0.134. The van der Waals surface area contributed by atoms with Crippen LogP contribution in [-0.2, 0) is 11.5 Å². The highest BCUT2D eigenvalue weighted by atomic mass is 16.5. The fourth-order valence-corrected chi connectivity index (χ4v) is 2.00. The quantitative estimate of drug-likeness (QED) is 0.806. The Morgan fingerprint density at radius 1 is 1.29 bits per heavy atom. The second kappa shape index (κ2) is 4.63. The number of nitrogens with zero attached hydrogens (tertiary/aromatic N) is 1. The fourth-order valence-electron chi connectivity index (χ4n) is 2.00. The summed E-state index contributed by atoms with van der Waals surface area (Å²) >= 11 is 0. The lowest BCUT2D eigenvalue weighted by atomic mass is 10.2. The Kier molecular flexibility index (Phi) is 3.20. The van der Waals surface area contributed by atoms with E-state index in [4.69, 9.17) is 9.47 Å². The van der Waals surface area contributed by atoms with Gasteiger partial charge in [0.25, 0.3) is 0 Å². The lowest BCUT2D eigenvalue weighted by Gasteiger charge is -2.09. The SMILES string of the molecule is C=C(C)c1cc2cc(OC)ccc2n1COC. The Balaban J connectivity index is 2.65. The minimum Gasteiger partial charge on any atom is -0.497 e. The molecule has 0 N–H and O–H groups in total. The predicted octanol–water partition coefficient (Wildman–Crippen LogP) is 3.29. The van der Waals surface area contributed by atoms with Crippen molar-refractivity contribution in [2.45, 2.75) is 13.7 Å². The Labute approximate surface area is 101 Å². The first-order chi connectivity index (χ1) is 8.17. The maximum atomic E-state index is 5.23. The molecular weight excluding hydrogens is 214 g/mol. The molecule has 3 nitrogen and oxygen atoms in total. The number of aromatic nitrogens is 1. The van der Waals surface area contributed by atoms with Gasteiger partial charge in [-0.3, -0.25) is 0 Å². The number of hydrogen-bond acceptors (Lipinski definition) is 2. The molecule has 2 rings (SSSR count). The standard InChI is InChI=1S/C14H17NO2/c1-10(2)14-8-11-7-12(17-4)5-6-13(11)15(14)9-16-3/h5-8H,1,9H2,2-4H3. The normalized spacial score (nSPS) is 10.8. The highest BCUT2D eigenvalue weighted by molar-refractivity contribution is 5.86. The van der Waals surface area contributed by atoms with E-state index in [-0.39, 0.29) is 0 Å². The van der Waals surface area contributed by atoms with Crippen LogP contribution in [0.15, 0.2) is 30.8 Å². The maximum Gasteiger partial charge on any atom is 0.123 e. The lowest BCUT2D eigenvalue weighted by Crippen LogP contribution is -2.02. The number of ether oxygens (including phenoxy) is 2. The zero-order valence-electron chi connectivity index (χ0n) is 10.5. The average molecular weight is 231 g/mol. The van der Waals surface area contributed by atoms with Gasteiger partial charge in [0.1, 0.15) is 12.5 Å². The molecule has 0 fully saturated rings. The first-order valence-corrected chi connectivity index (χ1v) is 5.49. The van der Waals surface area contributed by atoms with Crippen LogP contribution in [0.25, 0.3) is 16.5 Å². The summed E-state index contributed by atoms with van der Waals surface area (Å²) in [6.45, 7) is 6.52. The first kappa shape index (κ1) is 11.7. The van der Waals surface area contributed by atoms with Crippen LogP contribution in [0.1, 0.15) is 12.6 Å². The molecule has 0 aliphatic heterocycles. The fraction of sp³-hybridized carbons (Fsp3) is 0.286. The number of allylic oxidation sites excluding steroid dienone is 1. The van der Waals surface area contributed by atoms with Gasteiger partial charge in [-0.15, -0.1) is 0 Å². The van der Waals surface area contributed by atoms with Crippen LogP contribution in [0.4, 0.5) is 0 Å². The number of rotatable bonds is 4. The average Bonchev–Trinajstić information content (AvgIpc) is 2.68. The Morgan fingerprint density at radius 3 is 2.65 bits per heavy atom. The van der Waals surface area contributed by atoms with Gasteiger partial charge in [0.15, 0.2) is 0 Å². The third-order valence-corrected chi connectivity index (χ3v) is 2.80. The Bertz CT molecular complexity index is 555. The Morgan fingerprint density at radius 2 is 2.06 bits per heavy atom. The smallest absolute Gasteiger partial charge is 0.123 e. The van der Waals surface area contributed by atoms with Gasteiger partial charge in [0.05, 0.1) is 12.6 Å². The second-order valence-corrected chi connectivity index (χ2v) is 4.08. The first-order valence-electron chi connectivity index (χ1n) is 5.49. The highest BCUT2D eigenvalue weighted by Crippen LogP contribution is 2.27. The summed E-state index contributed by atoms with van der Waals surface area (Å²) in [5.41, 5.74) is 3.25. The monoisotopic (exact) mass is 231 g/mol. The summed E-state index contributed by atoms with van der Waals surface area (Å²) in [6.07, 6.45) is 0. The van der Waals surface area contributed by atoms with Crippen molar-refractivity contribution < 1.29 is 9.47 Å². The Hall–Kier alpha value is -1.74. The van der Waals surface area contributed by atoms with Crippen LogP contribution >= 0.6 is 0 Å². The van der Waals surface area contributed by atoms with E-state index in [1.807, 2.05) is 25.1 Å². The van der Waals surface area contributed by atoms with Crippen LogP contribution in [0.3, 0.4) is 0 Å². The molecule has 0 bridgehead atoms. The largest absolute Gasteiger partial charge is 0.497 e. The van der Waals surface area contributed by atoms with Gasteiger partial charge in [0.2, 0.25) is 0 Å². The zero-order valence-corrected chi connectivity index (χ0v) is 10.5. The number of methoxy groups -OCH3 is 2. The molecule has 0 aliphatic carbocycles. The van der Waals surface area contributed by atoms with E-state index in [2.05, 4.69) is 17.2 Å². The molecule has 0 saturated carbocycles. The summed E-state index contributed by atoms with van der Waals surface area (Å²) in [5.74, 6) is 0.861. The molecule has 0 aliphatic rings. The molecule has 0 unspecified atom stereocenters. The number of hydrogen-bond donors (Lipinski definition) is 0. The van der Waals surface area contributed by atoms with Gasteiger partial charge in [-0.2, -0.15) is 0 Å². The minimum atomic E-state index is 0.526. The third kappa shape index (κ3) is 2.06. The van der Waals surface area contributed by atoms with E-state index >= 15 is 0 Å². The minimum absolute atomic E-state index is 0.526. The summed E-state index contributed by atoms with van der Waals surface area (Å²) in [6, 6.07) is 8.13. The summed E-state index contributed by atoms with van der Waals surface area (Å²) in [5, 5.41) is 1.14. The van der Waals surface area contributed by atoms with E-state index in [9.17, 15) is 0 Å². The predicted molar refractivity (Wildman–Crippen MR) is 70.2 cm³/mol. The molecule has 3 heteroatoms. The molecule has 1 heterocycles. The summed E-state index contributed by atoms with van der Waals surface area (Å²) < 4.78 is 12.6. The van der Waals surface area contributed by atoms with Crippen molar-refractivity contribution in [1.29, 1.82) is 0 Å². The molecule has 0 spiro atoms. The van der Waals surface area contributed by atoms with E-state index in [1.165, 1.54) is 0 Å². The molecule has 0 saturated heterocycles. The van der Waals surface area contributed by atoms with Crippen molar-refractivity contribution in [3.05, 3.63) is 36.5 Å². The topological polar surface area (TPSA) is 23.4 Å². The number of benzene rings is 1. The van der Waals surface area contributed by atoms with Gasteiger partial charge >= 0.3 is 0 Å². The van der Waals surface area contributed by atoms with Crippen LogP contribution in [-0.4, -0.2) is 18.8 Å². The van der Waals surface area contributed by atoms with Crippen molar-refractivity contribution in [2.75, 3.05) is 14.2 Å². The van der Waals surface area contributed by atoms with Gasteiger partial charge in [-0.05, 0) is 36.8 Å². The van der Waals surface area contributed by atoms with E-state index in [1.54, 1.807) is 14.2 Å². The van der Waals surface area contributed by atoms with Crippen LogP contribution in [0.2, 0.25) is 0 Å². The van der Waals surface area contributed by atoms with Crippen molar-refractivity contribution in [3.63, 3.8) is 0 Å². The summed E-state index contributed by atoms with van der Waals surface area (Å²) in [4.78, 5) is 0. The molecule has 90 valence electrons. The van der Waals surface area contributed by atoms with Crippen LogP contribution < -0.4 is 4.74 Å². The van der Waals surface area contributed by atoms with Gasteiger partial charge in [-0.1, -0.05) is 6.58 Å². The molecule has 0 radical (unpaired) electrons. The van der Waals surface area contributed by atoms with Crippen molar-refractivity contribution in [2.24, 2.45) is 0 Å². The zero-order chi connectivity index (χ0) is 12.4. The second-order valence-electron chi connectivity index (χ2n) is 4.08. The van der Waals surface area contributed by atoms with Gasteiger partial charge in [-0.25, -0.2) is 0 Å². The molecule has 1 aromatic carbocycles. The van der Waals surface area contributed by atoms with Crippen LogP contribution in [0.5, 0.6) is 5.75 Å². The molecule has 0 atom stereocenters.